The molecule has 3 aromatic rings. The highest BCUT2D eigenvalue weighted by molar-refractivity contribution is 5.62. The van der Waals surface area contributed by atoms with Crippen LogP contribution in [-0.4, -0.2) is 14.6 Å². The molecule has 86 valence electrons. The summed E-state index contributed by atoms with van der Waals surface area (Å²) in [6.45, 7) is 0. The van der Waals surface area contributed by atoms with Crippen LogP contribution < -0.4 is 5.73 Å². The van der Waals surface area contributed by atoms with Gasteiger partial charge in [-0.25, -0.2) is 0 Å². The van der Waals surface area contributed by atoms with Crippen molar-refractivity contribution < 1.29 is 0 Å². The first-order valence-electron chi connectivity index (χ1n) is 5.39. The second-order valence-corrected chi connectivity index (χ2v) is 3.91. The summed E-state index contributed by atoms with van der Waals surface area (Å²) in [7, 11) is 0. The van der Waals surface area contributed by atoms with Gasteiger partial charge in [0.1, 0.15) is 0 Å². The zero-order chi connectivity index (χ0) is 12.5. The smallest absolute Gasteiger partial charge is 0.168 e. The van der Waals surface area contributed by atoms with Crippen molar-refractivity contribution in [3.05, 3.63) is 48.2 Å². The molecular formula is C13H9N5. The van der Waals surface area contributed by atoms with Gasteiger partial charge in [-0.05, 0) is 24.3 Å². The van der Waals surface area contributed by atoms with E-state index < -0.39 is 0 Å². The Morgan fingerprint density at radius 1 is 1.17 bits per heavy atom. The number of nitrogens with two attached hydrogens (primary N) is 1. The zero-order valence-corrected chi connectivity index (χ0v) is 9.41. The van der Waals surface area contributed by atoms with E-state index in [2.05, 4.69) is 16.3 Å². The molecule has 0 unspecified atom stereocenters. The third-order valence-electron chi connectivity index (χ3n) is 2.68. The lowest BCUT2D eigenvalue weighted by Gasteiger charge is -2.01. The highest BCUT2D eigenvalue weighted by Crippen LogP contribution is 2.20. The fraction of sp³-hybridized carbons (Fsp3) is 0. The molecule has 0 spiro atoms. The van der Waals surface area contributed by atoms with Crippen molar-refractivity contribution in [2.75, 3.05) is 5.73 Å². The molecule has 0 fully saturated rings. The second kappa shape index (κ2) is 3.86. The maximum Gasteiger partial charge on any atom is 0.168 e. The molecule has 0 atom stereocenters. The molecule has 0 bridgehead atoms. The van der Waals surface area contributed by atoms with Gasteiger partial charge in [-0.1, -0.05) is 12.1 Å². The van der Waals surface area contributed by atoms with Crippen molar-refractivity contribution in [2.45, 2.75) is 0 Å². The van der Waals surface area contributed by atoms with Crippen molar-refractivity contribution in [1.82, 2.24) is 14.6 Å². The highest BCUT2D eigenvalue weighted by atomic mass is 15.2. The van der Waals surface area contributed by atoms with Gasteiger partial charge in [-0.2, -0.15) is 5.26 Å². The van der Waals surface area contributed by atoms with Crippen LogP contribution in [0.5, 0.6) is 0 Å². The molecule has 0 aliphatic carbocycles. The number of rotatable bonds is 1. The van der Waals surface area contributed by atoms with Crippen molar-refractivity contribution in [3.8, 4) is 17.5 Å². The number of aromatic nitrogens is 3. The van der Waals surface area contributed by atoms with Crippen LogP contribution in [0.15, 0.2) is 42.6 Å². The van der Waals surface area contributed by atoms with E-state index >= 15 is 0 Å². The van der Waals surface area contributed by atoms with Crippen molar-refractivity contribution in [2.24, 2.45) is 0 Å². The van der Waals surface area contributed by atoms with Gasteiger partial charge in [0.2, 0.25) is 0 Å². The summed E-state index contributed by atoms with van der Waals surface area (Å²) < 4.78 is 1.81. The van der Waals surface area contributed by atoms with Crippen molar-refractivity contribution in [3.63, 3.8) is 0 Å². The van der Waals surface area contributed by atoms with Gasteiger partial charge in [-0.3, -0.25) is 4.40 Å². The van der Waals surface area contributed by atoms with Crippen LogP contribution in [0.25, 0.3) is 17.0 Å². The third kappa shape index (κ3) is 1.57. The number of fused-ring (bicyclic) bond motifs is 1. The predicted molar refractivity (Wildman–Crippen MR) is 67.6 cm³/mol. The van der Waals surface area contributed by atoms with Crippen LogP contribution in [0.4, 0.5) is 5.69 Å². The van der Waals surface area contributed by atoms with Crippen LogP contribution in [0.1, 0.15) is 5.56 Å². The fourth-order valence-electron chi connectivity index (χ4n) is 1.83. The average molecular weight is 235 g/mol. The maximum atomic E-state index is 8.90. The number of anilines is 1. The van der Waals surface area contributed by atoms with E-state index in [0.29, 0.717) is 17.1 Å². The number of benzene rings is 1. The summed E-state index contributed by atoms with van der Waals surface area (Å²) >= 11 is 0. The topological polar surface area (TPSA) is 80.0 Å². The van der Waals surface area contributed by atoms with Gasteiger partial charge in [-0.15, -0.1) is 10.2 Å². The lowest BCUT2D eigenvalue weighted by molar-refractivity contribution is 1.11. The molecule has 3 rings (SSSR count). The van der Waals surface area contributed by atoms with Crippen molar-refractivity contribution >= 4 is 11.3 Å². The van der Waals surface area contributed by atoms with E-state index in [0.717, 1.165) is 11.2 Å². The van der Waals surface area contributed by atoms with Gasteiger partial charge >= 0.3 is 0 Å². The van der Waals surface area contributed by atoms with E-state index in [9.17, 15) is 0 Å². The molecule has 18 heavy (non-hydrogen) atoms. The normalized spacial score (nSPS) is 10.4. The Morgan fingerprint density at radius 3 is 2.89 bits per heavy atom. The molecule has 1 aromatic carbocycles. The first-order chi connectivity index (χ1) is 8.78. The van der Waals surface area contributed by atoms with Crippen LogP contribution in [0.2, 0.25) is 0 Å². The van der Waals surface area contributed by atoms with Gasteiger partial charge in [0.15, 0.2) is 11.5 Å². The highest BCUT2D eigenvalue weighted by Gasteiger charge is 2.08. The number of nitrogens with zero attached hydrogens (tertiary/aromatic N) is 4. The van der Waals surface area contributed by atoms with E-state index in [1.807, 2.05) is 16.5 Å². The molecule has 0 radical (unpaired) electrons. The van der Waals surface area contributed by atoms with Crippen LogP contribution in [-0.2, 0) is 0 Å². The van der Waals surface area contributed by atoms with Gasteiger partial charge in [0.05, 0.1) is 11.6 Å². The number of hydrogen-bond donors (Lipinski definition) is 1. The zero-order valence-electron chi connectivity index (χ0n) is 9.41. The lowest BCUT2D eigenvalue weighted by Crippen LogP contribution is -1.93. The quantitative estimate of drug-likeness (QED) is 0.698. The predicted octanol–water partition coefficient (Wildman–Crippen LogP) is 1.85. The molecule has 0 aliphatic rings. The molecule has 2 N–H and O–H groups in total. The summed E-state index contributed by atoms with van der Waals surface area (Å²) in [4.78, 5) is 0. The second-order valence-electron chi connectivity index (χ2n) is 3.91. The Morgan fingerprint density at radius 2 is 2.06 bits per heavy atom. The van der Waals surface area contributed by atoms with E-state index in [1.165, 1.54) is 0 Å². The van der Waals surface area contributed by atoms with Crippen molar-refractivity contribution in [1.29, 1.82) is 5.26 Å². The lowest BCUT2D eigenvalue weighted by atomic mass is 10.1. The molecule has 5 heteroatoms. The minimum absolute atomic E-state index is 0.591. The monoisotopic (exact) mass is 235 g/mol. The summed E-state index contributed by atoms with van der Waals surface area (Å²) in [5.41, 5.74) is 8.55. The molecule has 0 saturated carbocycles. The fourth-order valence-corrected chi connectivity index (χ4v) is 1.83. The van der Waals surface area contributed by atoms with E-state index in [4.69, 9.17) is 11.0 Å². The Labute approximate surface area is 103 Å². The molecule has 0 amide bonds. The SMILES string of the molecule is N#Cc1cccc(-c2nnc3ccc(N)cn23)c1. The number of hydrogen-bond acceptors (Lipinski definition) is 4. The Kier molecular flexibility index (Phi) is 2.21. The van der Waals surface area contributed by atoms with E-state index in [1.54, 1.807) is 30.5 Å². The molecule has 0 saturated heterocycles. The number of pyridine rings is 1. The summed E-state index contributed by atoms with van der Waals surface area (Å²) in [5, 5.41) is 17.1. The largest absolute Gasteiger partial charge is 0.398 e. The minimum atomic E-state index is 0.591. The average Bonchev–Trinajstić information content (AvgIpc) is 2.81. The van der Waals surface area contributed by atoms with Crippen LogP contribution in [0, 0.1) is 11.3 Å². The number of nitriles is 1. The standard InChI is InChI=1S/C13H9N5/c14-7-9-2-1-3-10(6-9)13-17-16-12-5-4-11(15)8-18(12)13/h1-6,8H,15H2. The Hall–Kier alpha value is -2.87. The first-order valence-corrected chi connectivity index (χ1v) is 5.39. The molecule has 2 heterocycles. The Bertz CT molecular complexity index is 766. The minimum Gasteiger partial charge on any atom is -0.398 e. The summed E-state index contributed by atoms with van der Waals surface area (Å²) in [6.07, 6.45) is 1.77. The van der Waals surface area contributed by atoms with Crippen LogP contribution >= 0.6 is 0 Å². The van der Waals surface area contributed by atoms with Crippen LogP contribution in [0.3, 0.4) is 0 Å². The third-order valence-corrected chi connectivity index (χ3v) is 2.68. The first kappa shape index (κ1) is 10.3. The van der Waals surface area contributed by atoms with Gasteiger partial charge < -0.3 is 5.73 Å². The van der Waals surface area contributed by atoms with Gasteiger partial charge in [0, 0.05) is 17.4 Å². The molecule has 0 aliphatic heterocycles. The Balaban J connectivity index is 2.25. The molecule has 2 aromatic heterocycles. The summed E-state index contributed by atoms with van der Waals surface area (Å²) in [5.74, 6) is 0.675. The summed E-state index contributed by atoms with van der Waals surface area (Å²) in [6, 6.07) is 12.9. The molecule has 5 nitrogen and oxygen atoms in total. The van der Waals surface area contributed by atoms with E-state index in [-0.39, 0.29) is 0 Å². The maximum absolute atomic E-state index is 8.90. The van der Waals surface area contributed by atoms with Gasteiger partial charge in [0.25, 0.3) is 0 Å². The number of nitrogen functional groups attached to an aromatic ring is 1. The molecular weight excluding hydrogens is 226 g/mol.